The van der Waals surface area contributed by atoms with Crippen molar-refractivity contribution in [3.05, 3.63) is 41.5 Å². The van der Waals surface area contributed by atoms with Crippen LogP contribution in [0.25, 0.3) is 0 Å². The van der Waals surface area contributed by atoms with Crippen molar-refractivity contribution < 1.29 is 19.1 Å². The van der Waals surface area contributed by atoms with E-state index in [2.05, 4.69) is 21.1 Å². The summed E-state index contributed by atoms with van der Waals surface area (Å²) in [6.07, 6.45) is 0.942. The summed E-state index contributed by atoms with van der Waals surface area (Å²) in [4.78, 5) is 6.55. The summed E-state index contributed by atoms with van der Waals surface area (Å²) in [7, 11) is 3.30. The third-order valence-electron chi connectivity index (χ3n) is 4.24. The number of benzene rings is 1. The van der Waals surface area contributed by atoms with E-state index in [1.165, 1.54) is 0 Å². The summed E-state index contributed by atoms with van der Waals surface area (Å²) in [6, 6.07) is 8.04. The van der Waals surface area contributed by atoms with Crippen LogP contribution < -0.4 is 4.74 Å². The fourth-order valence-corrected chi connectivity index (χ4v) is 3.07. The molecule has 1 aliphatic rings. The number of β-amino-alcohol motifs (C(OH)–C–C–N with tert-alkyl or cyclic N) is 1. The number of nitrogens with zero attached hydrogens (tertiary/aromatic N) is 3. The Morgan fingerprint density at radius 1 is 1.38 bits per heavy atom. The van der Waals surface area contributed by atoms with Crippen LogP contribution in [0.1, 0.15) is 29.7 Å². The molecule has 1 aliphatic heterocycles. The second kappa shape index (κ2) is 7.74. The maximum Gasteiger partial charge on any atom is 0.240 e. The Morgan fingerprint density at radius 3 is 3.04 bits per heavy atom. The Bertz CT molecular complexity index is 661. The summed E-state index contributed by atoms with van der Waals surface area (Å²) >= 11 is 0. The fourth-order valence-electron chi connectivity index (χ4n) is 3.07. The van der Waals surface area contributed by atoms with Crippen LogP contribution in [0.4, 0.5) is 0 Å². The molecule has 1 aromatic carbocycles. The quantitative estimate of drug-likeness (QED) is 0.824. The molecule has 0 aliphatic carbocycles. The maximum atomic E-state index is 10.1. The van der Waals surface area contributed by atoms with E-state index in [1.807, 2.05) is 18.2 Å². The van der Waals surface area contributed by atoms with Gasteiger partial charge in [0.05, 0.1) is 26.4 Å². The monoisotopic (exact) mass is 333 g/mol. The molecule has 2 aromatic rings. The van der Waals surface area contributed by atoms with E-state index in [1.54, 1.807) is 14.2 Å². The number of rotatable bonds is 7. The predicted molar refractivity (Wildman–Crippen MR) is 86.6 cm³/mol. The normalized spacial score (nSPS) is 21.3. The largest absolute Gasteiger partial charge is 0.497 e. The lowest BCUT2D eigenvalue weighted by atomic mass is 10.0. The molecular formula is C17H23N3O4. The standard InChI is InChI=1S/C17H23N3O4/c1-22-7-6-16-18-17(24-19-16)11-20-10-13(21)9-15(20)12-4-3-5-14(8-12)23-2/h3-5,8,13,15,21H,6-7,9-11H2,1-2H3/t13-,15-/m1/s1. The number of aliphatic hydroxyl groups excluding tert-OH is 1. The minimum Gasteiger partial charge on any atom is -0.497 e. The zero-order valence-electron chi connectivity index (χ0n) is 14.0. The van der Waals surface area contributed by atoms with E-state index in [0.29, 0.717) is 44.3 Å². The maximum absolute atomic E-state index is 10.1. The van der Waals surface area contributed by atoms with Gasteiger partial charge in [0.15, 0.2) is 5.82 Å². The Balaban J connectivity index is 1.72. The Hall–Kier alpha value is -1.96. The summed E-state index contributed by atoms with van der Waals surface area (Å²) in [5.74, 6) is 2.01. The zero-order valence-corrected chi connectivity index (χ0v) is 14.0. The highest BCUT2D eigenvalue weighted by Crippen LogP contribution is 2.34. The Morgan fingerprint density at radius 2 is 2.25 bits per heavy atom. The first-order chi connectivity index (χ1) is 11.7. The molecule has 0 bridgehead atoms. The van der Waals surface area contributed by atoms with Crippen molar-refractivity contribution in [3.8, 4) is 5.75 Å². The third-order valence-corrected chi connectivity index (χ3v) is 4.24. The summed E-state index contributed by atoms with van der Waals surface area (Å²) in [6.45, 7) is 1.66. The molecule has 1 saturated heterocycles. The van der Waals surface area contributed by atoms with Crippen LogP contribution in [0.3, 0.4) is 0 Å². The van der Waals surface area contributed by atoms with Crippen LogP contribution >= 0.6 is 0 Å². The molecule has 0 radical (unpaired) electrons. The van der Waals surface area contributed by atoms with Crippen LogP contribution in [0.15, 0.2) is 28.8 Å². The van der Waals surface area contributed by atoms with E-state index in [-0.39, 0.29) is 12.1 Å². The second-order valence-corrected chi connectivity index (χ2v) is 5.96. The molecule has 0 unspecified atom stereocenters. The highest BCUT2D eigenvalue weighted by Gasteiger charge is 2.33. The minimum atomic E-state index is -0.364. The van der Waals surface area contributed by atoms with Crippen molar-refractivity contribution in [2.24, 2.45) is 0 Å². The number of hydrogen-bond donors (Lipinski definition) is 1. The predicted octanol–water partition coefficient (Wildman–Crippen LogP) is 1.58. The average molecular weight is 333 g/mol. The van der Waals surface area contributed by atoms with Crippen molar-refractivity contribution >= 4 is 0 Å². The fraction of sp³-hybridized carbons (Fsp3) is 0.529. The van der Waals surface area contributed by atoms with Gasteiger partial charge >= 0.3 is 0 Å². The Kier molecular flexibility index (Phi) is 5.44. The number of ether oxygens (including phenoxy) is 2. The van der Waals surface area contributed by atoms with Gasteiger partial charge in [-0.2, -0.15) is 4.98 Å². The molecule has 2 heterocycles. The SMILES string of the molecule is COCCc1noc(CN2C[C@H](O)C[C@@H]2c2cccc(OC)c2)n1. The van der Waals surface area contributed by atoms with Gasteiger partial charge in [0, 0.05) is 26.1 Å². The molecule has 1 aromatic heterocycles. The molecule has 1 N–H and O–H groups in total. The first-order valence-electron chi connectivity index (χ1n) is 8.06. The molecule has 2 atom stereocenters. The molecule has 7 heteroatoms. The number of aromatic nitrogens is 2. The first kappa shape index (κ1) is 16.9. The molecule has 130 valence electrons. The van der Waals surface area contributed by atoms with Crippen LogP contribution in [0, 0.1) is 0 Å². The summed E-state index contributed by atoms with van der Waals surface area (Å²) < 4.78 is 15.6. The highest BCUT2D eigenvalue weighted by molar-refractivity contribution is 5.31. The molecule has 24 heavy (non-hydrogen) atoms. The summed E-state index contributed by atoms with van der Waals surface area (Å²) in [5.41, 5.74) is 1.12. The van der Waals surface area contributed by atoms with Gasteiger partial charge < -0.3 is 19.1 Å². The van der Waals surface area contributed by atoms with Crippen molar-refractivity contribution in [3.63, 3.8) is 0 Å². The van der Waals surface area contributed by atoms with E-state index in [9.17, 15) is 5.11 Å². The molecule has 0 saturated carbocycles. The number of likely N-dealkylation sites (tertiary alicyclic amines) is 1. The molecule has 0 amide bonds. The first-order valence-corrected chi connectivity index (χ1v) is 8.06. The smallest absolute Gasteiger partial charge is 0.240 e. The van der Waals surface area contributed by atoms with Gasteiger partial charge in [-0.15, -0.1) is 0 Å². The van der Waals surface area contributed by atoms with E-state index < -0.39 is 0 Å². The van der Waals surface area contributed by atoms with Crippen molar-refractivity contribution in [2.45, 2.75) is 31.5 Å². The van der Waals surface area contributed by atoms with Crippen LogP contribution in [-0.4, -0.2) is 53.6 Å². The zero-order chi connectivity index (χ0) is 16.9. The van der Waals surface area contributed by atoms with Crippen LogP contribution in [0.5, 0.6) is 5.75 Å². The van der Waals surface area contributed by atoms with Gasteiger partial charge in [-0.05, 0) is 24.1 Å². The molecule has 7 nitrogen and oxygen atoms in total. The number of methoxy groups -OCH3 is 2. The summed E-state index contributed by atoms with van der Waals surface area (Å²) in [5, 5.41) is 14.1. The van der Waals surface area contributed by atoms with Crippen LogP contribution in [0.2, 0.25) is 0 Å². The van der Waals surface area contributed by atoms with Gasteiger partial charge in [-0.1, -0.05) is 17.3 Å². The topological polar surface area (TPSA) is 80.9 Å². The van der Waals surface area contributed by atoms with Crippen molar-refractivity contribution in [2.75, 3.05) is 27.4 Å². The third kappa shape index (κ3) is 3.92. The molecule has 3 rings (SSSR count). The van der Waals surface area contributed by atoms with Crippen LogP contribution in [-0.2, 0) is 17.7 Å². The van der Waals surface area contributed by atoms with Gasteiger partial charge in [0.25, 0.3) is 0 Å². The Labute approximate surface area is 141 Å². The lowest BCUT2D eigenvalue weighted by molar-refractivity contribution is 0.164. The van der Waals surface area contributed by atoms with Gasteiger partial charge in [-0.25, -0.2) is 0 Å². The van der Waals surface area contributed by atoms with Gasteiger partial charge in [0.2, 0.25) is 5.89 Å². The average Bonchev–Trinajstić information content (AvgIpc) is 3.19. The lowest BCUT2D eigenvalue weighted by Gasteiger charge is -2.23. The number of hydrogen-bond acceptors (Lipinski definition) is 7. The lowest BCUT2D eigenvalue weighted by Crippen LogP contribution is -2.24. The minimum absolute atomic E-state index is 0.101. The van der Waals surface area contributed by atoms with E-state index >= 15 is 0 Å². The van der Waals surface area contributed by atoms with E-state index in [4.69, 9.17) is 14.0 Å². The molecule has 0 spiro atoms. The van der Waals surface area contributed by atoms with Gasteiger partial charge in [-0.3, -0.25) is 4.90 Å². The molecule has 1 fully saturated rings. The number of aliphatic hydroxyl groups is 1. The second-order valence-electron chi connectivity index (χ2n) is 5.96. The van der Waals surface area contributed by atoms with Gasteiger partial charge in [0.1, 0.15) is 5.75 Å². The van der Waals surface area contributed by atoms with E-state index in [0.717, 1.165) is 11.3 Å². The van der Waals surface area contributed by atoms with Crippen molar-refractivity contribution in [1.82, 2.24) is 15.0 Å². The van der Waals surface area contributed by atoms with Crippen molar-refractivity contribution in [1.29, 1.82) is 0 Å². The highest BCUT2D eigenvalue weighted by atomic mass is 16.5. The molecular weight excluding hydrogens is 310 g/mol.